The van der Waals surface area contributed by atoms with Crippen LogP contribution in [0.3, 0.4) is 0 Å². The van der Waals surface area contributed by atoms with Gasteiger partial charge in [0.2, 0.25) is 0 Å². The minimum absolute atomic E-state index is 0.142. The summed E-state index contributed by atoms with van der Waals surface area (Å²) in [4.78, 5) is 25.5. The molecule has 0 aliphatic carbocycles. The summed E-state index contributed by atoms with van der Waals surface area (Å²) in [6, 6.07) is 5.18. The zero-order valence-electron chi connectivity index (χ0n) is 12.1. The predicted molar refractivity (Wildman–Crippen MR) is 81.2 cm³/mol. The summed E-state index contributed by atoms with van der Waals surface area (Å²) >= 11 is 6.03. The second-order valence-corrected chi connectivity index (χ2v) is 5.93. The maximum absolute atomic E-state index is 12.1. The van der Waals surface area contributed by atoms with E-state index in [0.29, 0.717) is 23.7 Å². The Balaban J connectivity index is 2.01. The lowest BCUT2D eigenvalue weighted by Crippen LogP contribution is -2.49. The number of aliphatic hydroxyl groups is 1. The van der Waals surface area contributed by atoms with Gasteiger partial charge in [-0.15, -0.1) is 0 Å². The van der Waals surface area contributed by atoms with Crippen molar-refractivity contribution in [1.29, 1.82) is 0 Å². The van der Waals surface area contributed by atoms with E-state index in [1.807, 2.05) is 13.8 Å². The van der Waals surface area contributed by atoms with Gasteiger partial charge >= 0.3 is 11.8 Å². The number of nitrogens with zero attached hydrogens (tertiary/aromatic N) is 1. The molecule has 114 valence electrons. The van der Waals surface area contributed by atoms with E-state index in [-0.39, 0.29) is 12.5 Å². The summed E-state index contributed by atoms with van der Waals surface area (Å²) in [6.45, 7) is 4.48. The molecule has 0 saturated carbocycles. The number of aliphatic hydroxyl groups excluding tert-OH is 1. The molecule has 1 aromatic rings. The van der Waals surface area contributed by atoms with Crippen LogP contribution in [0.2, 0.25) is 5.02 Å². The first-order valence-corrected chi connectivity index (χ1v) is 7.30. The number of rotatable bonds is 1. The van der Waals surface area contributed by atoms with Crippen LogP contribution in [0, 0.1) is 12.8 Å². The summed E-state index contributed by atoms with van der Waals surface area (Å²) in [5.74, 6) is -1.23. The fourth-order valence-corrected chi connectivity index (χ4v) is 2.56. The Kier molecular flexibility index (Phi) is 4.85. The molecule has 2 unspecified atom stereocenters. The number of nitrogens with one attached hydrogen (secondary N) is 1. The van der Waals surface area contributed by atoms with E-state index in [4.69, 9.17) is 11.6 Å². The Labute approximate surface area is 128 Å². The maximum atomic E-state index is 12.1. The lowest BCUT2D eigenvalue weighted by atomic mass is 9.96. The van der Waals surface area contributed by atoms with Crippen molar-refractivity contribution in [3.8, 4) is 0 Å². The number of likely N-dealkylation sites (tertiary alicyclic amines) is 1. The molecule has 2 rings (SSSR count). The third kappa shape index (κ3) is 3.74. The number of halogens is 1. The first-order valence-electron chi connectivity index (χ1n) is 6.93. The molecule has 1 aliphatic heterocycles. The van der Waals surface area contributed by atoms with Gasteiger partial charge in [0.15, 0.2) is 0 Å². The standard InChI is InChI=1S/C15H19ClN2O3/c1-9-3-4-12(11(16)7-9)17-14(20)15(21)18-6-5-10(2)13(19)8-18/h3-4,7,10,13,19H,5-6,8H2,1-2H3,(H,17,20). The molecule has 6 heteroatoms. The number of carbonyl (C=O) groups is 2. The van der Waals surface area contributed by atoms with E-state index in [0.717, 1.165) is 5.56 Å². The van der Waals surface area contributed by atoms with E-state index in [1.54, 1.807) is 18.2 Å². The molecule has 1 fully saturated rings. The topological polar surface area (TPSA) is 69.6 Å². The number of carbonyl (C=O) groups excluding carboxylic acids is 2. The van der Waals surface area contributed by atoms with E-state index in [2.05, 4.69) is 5.32 Å². The van der Waals surface area contributed by atoms with Gasteiger partial charge in [-0.2, -0.15) is 0 Å². The average Bonchev–Trinajstić information content (AvgIpc) is 2.44. The molecule has 2 N–H and O–H groups in total. The maximum Gasteiger partial charge on any atom is 0.313 e. The Morgan fingerprint density at radius 3 is 2.76 bits per heavy atom. The number of piperidine rings is 1. The largest absolute Gasteiger partial charge is 0.391 e. The molecule has 2 amide bonds. The quantitative estimate of drug-likeness (QED) is 0.777. The summed E-state index contributed by atoms with van der Waals surface area (Å²) in [5, 5.41) is 12.7. The van der Waals surface area contributed by atoms with Gasteiger partial charge in [-0.25, -0.2) is 0 Å². The van der Waals surface area contributed by atoms with Crippen molar-refractivity contribution in [2.75, 3.05) is 18.4 Å². The lowest BCUT2D eigenvalue weighted by Gasteiger charge is -2.33. The fraction of sp³-hybridized carbons (Fsp3) is 0.467. The highest BCUT2D eigenvalue weighted by atomic mass is 35.5. The number of hydrogen-bond acceptors (Lipinski definition) is 3. The van der Waals surface area contributed by atoms with Crippen LogP contribution in [-0.2, 0) is 9.59 Å². The molecular weight excluding hydrogens is 292 g/mol. The minimum atomic E-state index is -0.734. The van der Waals surface area contributed by atoms with Crippen molar-refractivity contribution in [2.24, 2.45) is 5.92 Å². The van der Waals surface area contributed by atoms with Gasteiger partial charge in [-0.3, -0.25) is 9.59 Å². The third-order valence-electron chi connectivity index (χ3n) is 3.77. The van der Waals surface area contributed by atoms with E-state index in [1.165, 1.54) is 4.90 Å². The highest BCUT2D eigenvalue weighted by Gasteiger charge is 2.30. The van der Waals surface area contributed by atoms with Gasteiger partial charge < -0.3 is 15.3 Å². The van der Waals surface area contributed by atoms with Crippen molar-refractivity contribution in [2.45, 2.75) is 26.4 Å². The molecular formula is C15H19ClN2O3. The molecule has 0 radical (unpaired) electrons. The number of benzene rings is 1. The number of β-amino-alcohol motifs (C(OH)–C–C–N with tert-alkyl or cyclic N) is 1. The molecule has 1 aromatic carbocycles. The summed E-state index contributed by atoms with van der Waals surface area (Å²) in [7, 11) is 0. The molecule has 1 saturated heterocycles. The third-order valence-corrected chi connectivity index (χ3v) is 4.09. The highest BCUT2D eigenvalue weighted by molar-refractivity contribution is 6.41. The summed E-state index contributed by atoms with van der Waals surface area (Å²) in [6.07, 6.45) is 0.101. The van der Waals surface area contributed by atoms with Crippen molar-refractivity contribution < 1.29 is 14.7 Å². The number of anilines is 1. The van der Waals surface area contributed by atoms with Gasteiger partial charge in [-0.1, -0.05) is 24.6 Å². The van der Waals surface area contributed by atoms with Crippen molar-refractivity contribution in [3.63, 3.8) is 0 Å². The van der Waals surface area contributed by atoms with Crippen LogP contribution in [0.15, 0.2) is 18.2 Å². The zero-order valence-corrected chi connectivity index (χ0v) is 12.9. The van der Waals surface area contributed by atoms with Gasteiger partial charge in [-0.05, 0) is 37.0 Å². The number of amides is 2. The van der Waals surface area contributed by atoms with Gasteiger partial charge in [0, 0.05) is 13.1 Å². The molecule has 0 aromatic heterocycles. The van der Waals surface area contributed by atoms with Crippen molar-refractivity contribution in [3.05, 3.63) is 28.8 Å². The SMILES string of the molecule is Cc1ccc(NC(=O)C(=O)N2CCC(C)C(O)C2)c(Cl)c1. The molecule has 2 atom stereocenters. The van der Waals surface area contributed by atoms with Crippen LogP contribution in [0.25, 0.3) is 0 Å². The normalized spacial score (nSPS) is 22.0. The molecule has 21 heavy (non-hydrogen) atoms. The number of hydrogen-bond donors (Lipinski definition) is 2. The van der Waals surface area contributed by atoms with Gasteiger partial charge in [0.25, 0.3) is 0 Å². The van der Waals surface area contributed by atoms with Crippen LogP contribution in [-0.4, -0.2) is 41.0 Å². The van der Waals surface area contributed by atoms with E-state index in [9.17, 15) is 14.7 Å². The van der Waals surface area contributed by atoms with Crippen LogP contribution < -0.4 is 5.32 Å². The zero-order chi connectivity index (χ0) is 15.6. The summed E-state index contributed by atoms with van der Waals surface area (Å²) in [5.41, 5.74) is 1.38. The van der Waals surface area contributed by atoms with E-state index < -0.39 is 17.9 Å². The second kappa shape index (κ2) is 6.45. The fourth-order valence-electron chi connectivity index (χ4n) is 2.27. The monoisotopic (exact) mass is 310 g/mol. The van der Waals surface area contributed by atoms with E-state index >= 15 is 0 Å². The first-order chi connectivity index (χ1) is 9.88. The molecule has 1 heterocycles. The number of aryl methyl sites for hydroxylation is 1. The highest BCUT2D eigenvalue weighted by Crippen LogP contribution is 2.23. The minimum Gasteiger partial charge on any atom is -0.391 e. The Morgan fingerprint density at radius 1 is 1.43 bits per heavy atom. The van der Waals surface area contributed by atoms with Crippen molar-refractivity contribution >= 4 is 29.1 Å². The van der Waals surface area contributed by atoms with Gasteiger partial charge in [0.1, 0.15) is 0 Å². The van der Waals surface area contributed by atoms with Gasteiger partial charge in [0.05, 0.1) is 16.8 Å². The smallest absolute Gasteiger partial charge is 0.313 e. The van der Waals surface area contributed by atoms with Crippen LogP contribution in [0.4, 0.5) is 5.69 Å². The predicted octanol–water partition coefficient (Wildman–Crippen LogP) is 1.82. The first kappa shape index (κ1) is 15.8. The Bertz CT molecular complexity index is 562. The summed E-state index contributed by atoms with van der Waals surface area (Å²) < 4.78 is 0. The lowest BCUT2D eigenvalue weighted by molar-refractivity contribution is -0.146. The van der Waals surface area contributed by atoms with Crippen LogP contribution in [0.5, 0.6) is 0 Å². The molecule has 1 aliphatic rings. The Morgan fingerprint density at radius 2 is 2.14 bits per heavy atom. The van der Waals surface area contributed by atoms with Crippen molar-refractivity contribution in [1.82, 2.24) is 4.90 Å². The molecule has 0 bridgehead atoms. The molecule has 0 spiro atoms. The molecule has 5 nitrogen and oxygen atoms in total. The average molecular weight is 311 g/mol. The van der Waals surface area contributed by atoms with Crippen LogP contribution >= 0.6 is 11.6 Å². The second-order valence-electron chi connectivity index (χ2n) is 5.52. The van der Waals surface area contributed by atoms with Crippen LogP contribution in [0.1, 0.15) is 18.9 Å². The Hall–Kier alpha value is -1.59.